The third-order valence-corrected chi connectivity index (χ3v) is 15.2. The predicted octanol–water partition coefficient (Wildman–Crippen LogP) is 19.2. The summed E-state index contributed by atoms with van der Waals surface area (Å²) in [6.45, 7) is 0. The summed E-state index contributed by atoms with van der Waals surface area (Å²) in [5, 5.41) is 4.59. The number of rotatable bonds is 9. The van der Waals surface area contributed by atoms with Crippen molar-refractivity contribution in [1.29, 1.82) is 0 Å². The van der Waals surface area contributed by atoms with Gasteiger partial charge in [0.1, 0.15) is 11.2 Å². The van der Waals surface area contributed by atoms with Crippen LogP contribution < -0.4 is 4.90 Å². The number of hydrogen-bond donors (Lipinski definition) is 0. The van der Waals surface area contributed by atoms with Crippen LogP contribution in [-0.4, -0.2) is 0 Å². The van der Waals surface area contributed by atoms with Gasteiger partial charge in [0, 0.05) is 33.0 Å². The molecule has 0 saturated carbocycles. The number of hydrogen-bond acceptors (Lipinski definition) is 2. The van der Waals surface area contributed by atoms with Crippen molar-refractivity contribution in [3.63, 3.8) is 0 Å². The molecule has 1 heterocycles. The number of furan rings is 1. The first kappa shape index (κ1) is 42.4. The van der Waals surface area contributed by atoms with Crippen LogP contribution in [0.25, 0.3) is 88.3 Å². The molecule has 0 saturated heterocycles. The Morgan fingerprint density at radius 1 is 0.274 bits per heavy atom. The minimum Gasteiger partial charge on any atom is -0.455 e. The minimum absolute atomic E-state index is 0.525. The first-order valence-corrected chi connectivity index (χ1v) is 25.2. The molecular formula is C71H47NO. The highest BCUT2D eigenvalue weighted by molar-refractivity contribution is 6.11. The Labute approximate surface area is 425 Å². The molecule has 0 spiro atoms. The second kappa shape index (κ2) is 17.4. The molecule has 0 aliphatic heterocycles. The van der Waals surface area contributed by atoms with Crippen LogP contribution in [0.3, 0.4) is 0 Å². The highest BCUT2D eigenvalue weighted by atomic mass is 16.3. The lowest BCUT2D eigenvalue weighted by molar-refractivity contribution is 0.670. The molecular weight excluding hydrogens is 883 g/mol. The van der Waals surface area contributed by atoms with Crippen LogP contribution in [0.4, 0.5) is 17.1 Å². The summed E-state index contributed by atoms with van der Waals surface area (Å²) in [6, 6.07) is 104. The normalized spacial score (nSPS) is 12.5. The van der Waals surface area contributed by atoms with E-state index in [1.165, 1.54) is 66.6 Å². The van der Waals surface area contributed by atoms with Gasteiger partial charge in [0.15, 0.2) is 0 Å². The van der Waals surface area contributed by atoms with Gasteiger partial charge < -0.3 is 9.32 Å². The Bertz CT molecular complexity index is 4130. The largest absolute Gasteiger partial charge is 0.455 e. The first-order chi connectivity index (χ1) is 36.2. The van der Waals surface area contributed by atoms with Crippen LogP contribution in [0.2, 0.25) is 0 Å². The third-order valence-electron chi connectivity index (χ3n) is 15.2. The van der Waals surface area contributed by atoms with E-state index >= 15 is 0 Å². The average Bonchev–Trinajstić information content (AvgIpc) is 4.01. The molecule has 0 radical (unpaired) electrons. The lowest BCUT2D eigenvalue weighted by Crippen LogP contribution is -2.28. The maximum atomic E-state index is 6.57. The molecule has 73 heavy (non-hydrogen) atoms. The SMILES string of the molecule is c1ccc(-c2ccc(-c3ccc(N(c4ccc(-c5cccc6c5oc5ccccc56)cc4)c4ccccc4-c4cccc5c4-c4ccccc4C5(c4ccccc4)c4ccccc4)c4ccccc34)cc2)cc1. The van der Waals surface area contributed by atoms with Gasteiger partial charge in [-0.05, 0) is 102 Å². The minimum atomic E-state index is -0.525. The molecule has 0 atom stereocenters. The molecule has 342 valence electrons. The summed E-state index contributed by atoms with van der Waals surface area (Å²) in [7, 11) is 0. The van der Waals surface area contributed by atoms with Crippen LogP contribution in [-0.2, 0) is 5.41 Å². The van der Waals surface area contributed by atoms with Crippen molar-refractivity contribution >= 4 is 49.8 Å². The summed E-state index contributed by atoms with van der Waals surface area (Å²) in [5.74, 6) is 0. The maximum absolute atomic E-state index is 6.57. The van der Waals surface area contributed by atoms with Crippen LogP contribution in [0.5, 0.6) is 0 Å². The van der Waals surface area contributed by atoms with Gasteiger partial charge in [-0.1, -0.05) is 255 Å². The second-order valence-corrected chi connectivity index (χ2v) is 19.1. The molecule has 1 aromatic heterocycles. The van der Waals surface area contributed by atoms with E-state index in [0.717, 1.165) is 61.1 Å². The first-order valence-electron chi connectivity index (χ1n) is 25.2. The van der Waals surface area contributed by atoms with Crippen LogP contribution in [0, 0.1) is 0 Å². The average molecular weight is 930 g/mol. The highest BCUT2D eigenvalue weighted by Crippen LogP contribution is 2.59. The molecule has 14 rings (SSSR count). The molecule has 2 heteroatoms. The van der Waals surface area contributed by atoms with Gasteiger partial charge in [0.2, 0.25) is 0 Å². The molecule has 2 nitrogen and oxygen atoms in total. The number of nitrogens with zero attached hydrogens (tertiary/aromatic N) is 1. The highest BCUT2D eigenvalue weighted by Gasteiger charge is 2.47. The van der Waals surface area contributed by atoms with Crippen molar-refractivity contribution in [1.82, 2.24) is 0 Å². The Morgan fingerprint density at radius 2 is 0.781 bits per heavy atom. The van der Waals surface area contributed by atoms with Crippen molar-refractivity contribution in [2.75, 3.05) is 4.90 Å². The summed E-state index contributed by atoms with van der Waals surface area (Å²) in [5.41, 5.74) is 21.3. The van der Waals surface area contributed by atoms with Crippen molar-refractivity contribution in [3.8, 4) is 55.6 Å². The van der Waals surface area contributed by atoms with E-state index < -0.39 is 5.41 Å². The molecule has 0 N–H and O–H groups in total. The number of anilines is 3. The van der Waals surface area contributed by atoms with Gasteiger partial charge in [-0.25, -0.2) is 0 Å². The van der Waals surface area contributed by atoms with E-state index in [1.807, 2.05) is 6.07 Å². The Morgan fingerprint density at radius 3 is 1.53 bits per heavy atom. The van der Waals surface area contributed by atoms with Gasteiger partial charge in [-0.3, -0.25) is 0 Å². The Kier molecular flexibility index (Phi) is 10.1. The van der Waals surface area contributed by atoms with E-state index in [1.54, 1.807) is 0 Å². The van der Waals surface area contributed by atoms with Crippen LogP contribution in [0.15, 0.2) is 290 Å². The molecule has 1 aliphatic carbocycles. The molecule has 0 fully saturated rings. The Hall–Kier alpha value is -9.50. The molecule has 13 aromatic rings. The van der Waals surface area contributed by atoms with Crippen LogP contribution in [0.1, 0.15) is 22.3 Å². The van der Waals surface area contributed by atoms with Gasteiger partial charge >= 0.3 is 0 Å². The van der Waals surface area contributed by atoms with Gasteiger partial charge in [-0.15, -0.1) is 0 Å². The lowest BCUT2D eigenvalue weighted by Gasteiger charge is -2.34. The van der Waals surface area contributed by atoms with Crippen molar-refractivity contribution in [2.45, 2.75) is 5.41 Å². The fourth-order valence-electron chi connectivity index (χ4n) is 12.0. The maximum Gasteiger partial charge on any atom is 0.143 e. The quantitative estimate of drug-likeness (QED) is 0.143. The summed E-state index contributed by atoms with van der Waals surface area (Å²) >= 11 is 0. The van der Waals surface area contributed by atoms with Gasteiger partial charge in [0.25, 0.3) is 0 Å². The summed E-state index contributed by atoms with van der Waals surface area (Å²) < 4.78 is 6.57. The molecule has 1 aliphatic rings. The molecule has 0 unspecified atom stereocenters. The van der Waals surface area contributed by atoms with E-state index in [9.17, 15) is 0 Å². The molecule has 12 aromatic carbocycles. The van der Waals surface area contributed by atoms with Crippen LogP contribution >= 0.6 is 0 Å². The standard InChI is InChI=1S/C71H47NO/c1-4-20-48(21-5-1)49-38-40-50(41-39-49)55-46-47-67(58-27-11-10-26-57(55)58)72(54-44-42-51(43-45-54)56-31-18-33-62-60-29-14-17-37-68(60)73-70(56)62)66-36-16-13-28-59(66)61-32-19-35-65-69(61)63-30-12-15-34-64(63)71(65,52-22-6-2-7-23-52)53-24-8-3-9-25-53/h1-47H. The number of para-hydroxylation sites is 3. The van der Waals surface area contributed by atoms with E-state index in [2.05, 4.69) is 284 Å². The fraction of sp³-hybridized carbons (Fsp3) is 0.0141. The fourth-order valence-corrected chi connectivity index (χ4v) is 12.0. The monoisotopic (exact) mass is 929 g/mol. The molecule has 0 bridgehead atoms. The number of fused-ring (bicyclic) bond motifs is 7. The van der Waals surface area contributed by atoms with Gasteiger partial charge in [-0.2, -0.15) is 0 Å². The smallest absolute Gasteiger partial charge is 0.143 e. The van der Waals surface area contributed by atoms with E-state index in [0.29, 0.717) is 0 Å². The lowest BCUT2D eigenvalue weighted by atomic mass is 9.67. The third kappa shape index (κ3) is 6.79. The second-order valence-electron chi connectivity index (χ2n) is 19.1. The zero-order valence-corrected chi connectivity index (χ0v) is 40.0. The van der Waals surface area contributed by atoms with Gasteiger partial charge in [0.05, 0.1) is 16.8 Å². The molecule has 0 amide bonds. The zero-order valence-electron chi connectivity index (χ0n) is 40.0. The van der Waals surface area contributed by atoms with Crippen molar-refractivity contribution in [3.05, 3.63) is 307 Å². The Balaban J connectivity index is 0.982. The van der Waals surface area contributed by atoms with Crippen molar-refractivity contribution < 1.29 is 4.42 Å². The van der Waals surface area contributed by atoms with Crippen molar-refractivity contribution in [2.24, 2.45) is 0 Å². The van der Waals surface area contributed by atoms with E-state index in [4.69, 9.17) is 4.42 Å². The zero-order chi connectivity index (χ0) is 48.3. The predicted molar refractivity (Wildman–Crippen MR) is 305 cm³/mol. The van der Waals surface area contributed by atoms with E-state index in [-0.39, 0.29) is 0 Å². The topological polar surface area (TPSA) is 16.4 Å². The summed E-state index contributed by atoms with van der Waals surface area (Å²) in [6.07, 6.45) is 0. The number of benzene rings is 12. The summed E-state index contributed by atoms with van der Waals surface area (Å²) in [4.78, 5) is 2.48.